The van der Waals surface area contributed by atoms with Gasteiger partial charge in [-0.2, -0.15) is 0 Å². The normalized spacial score (nSPS) is 11.6. The molecule has 3 rings (SSSR count). The first-order valence-electron chi connectivity index (χ1n) is 8.33. The summed E-state index contributed by atoms with van der Waals surface area (Å²) in [5, 5.41) is 0. The Hall–Kier alpha value is -3.14. The Labute approximate surface area is 152 Å². The molecule has 0 saturated heterocycles. The van der Waals surface area contributed by atoms with Crippen LogP contribution in [-0.4, -0.2) is 12.6 Å². The van der Waals surface area contributed by atoms with Crippen LogP contribution in [0.4, 0.5) is 4.39 Å². The van der Waals surface area contributed by atoms with Crippen LogP contribution >= 0.6 is 0 Å². The molecule has 0 aliphatic heterocycles. The highest BCUT2D eigenvalue weighted by Crippen LogP contribution is 2.26. The third-order valence-electron chi connectivity index (χ3n) is 3.92. The van der Waals surface area contributed by atoms with Crippen molar-refractivity contribution in [3.8, 4) is 16.9 Å². The molecule has 3 aromatic rings. The van der Waals surface area contributed by atoms with Crippen molar-refractivity contribution in [1.29, 1.82) is 0 Å². The van der Waals surface area contributed by atoms with E-state index in [4.69, 9.17) is 9.47 Å². The van der Waals surface area contributed by atoms with Crippen LogP contribution in [0.15, 0.2) is 78.9 Å². The lowest BCUT2D eigenvalue weighted by Crippen LogP contribution is -2.16. The highest BCUT2D eigenvalue weighted by Gasteiger charge is 2.15. The standard InChI is InChI=1S/C22H19FO3/c1-16(24)25-15-22(19-5-3-2-4-6-19)26-21-13-9-18(10-14-21)17-7-11-20(23)12-8-17/h2-14,22H,15H2,1H3. The Morgan fingerprint density at radius 2 is 1.46 bits per heavy atom. The van der Waals surface area contributed by atoms with Gasteiger partial charge in [0.25, 0.3) is 0 Å². The zero-order valence-corrected chi connectivity index (χ0v) is 14.4. The van der Waals surface area contributed by atoms with Crippen molar-refractivity contribution in [1.82, 2.24) is 0 Å². The molecular formula is C22H19FO3. The second-order valence-electron chi connectivity index (χ2n) is 5.85. The molecule has 0 fully saturated rings. The summed E-state index contributed by atoms with van der Waals surface area (Å²) in [7, 11) is 0. The van der Waals surface area contributed by atoms with E-state index in [9.17, 15) is 9.18 Å². The number of rotatable bonds is 6. The monoisotopic (exact) mass is 350 g/mol. The molecule has 3 nitrogen and oxygen atoms in total. The molecule has 0 aliphatic carbocycles. The number of hydrogen-bond donors (Lipinski definition) is 0. The first-order valence-corrected chi connectivity index (χ1v) is 8.33. The van der Waals surface area contributed by atoms with E-state index in [1.54, 1.807) is 12.1 Å². The molecule has 0 amide bonds. The number of esters is 1. The molecule has 0 radical (unpaired) electrons. The van der Waals surface area contributed by atoms with E-state index in [1.165, 1.54) is 19.1 Å². The smallest absolute Gasteiger partial charge is 0.302 e. The quantitative estimate of drug-likeness (QED) is 0.575. The van der Waals surface area contributed by atoms with Gasteiger partial charge in [-0.25, -0.2) is 4.39 Å². The van der Waals surface area contributed by atoms with Gasteiger partial charge in [0, 0.05) is 6.92 Å². The van der Waals surface area contributed by atoms with Crippen LogP contribution in [-0.2, 0) is 9.53 Å². The predicted molar refractivity (Wildman–Crippen MR) is 98.3 cm³/mol. The van der Waals surface area contributed by atoms with E-state index >= 15 is 0 Å². The number of carbonyl (C=O) groups excluding carboxylic acids is 1. The third kappa shape index (κ3) is 4.70. The van der Waals surface area contributed by atoms with Crippen LogP contribution in [0.2, 0.25) is 0 Å². The van der Waals surface area contributed by atoms with Gasteiger partial charge in [0.05, 0.1) is 0 Å². The summed E-state index contributed by atoms with van der Waals surface area (Å²) in [5.41, 5.74) is 2.82. The average Bonchev–Trinajstić information content (AvgIpc) is 2.67. The van der Waals surface area contributed by atoms with Crippen molar-refractivity contribution in [2.45, 2.75) is 13.0 Å². The van der Waals surface area contributed by atoms with Gasteiger partial charge in [-0.3, -0.25) is 4.79 Å². The van der Waals surface area contributed by atoms with Gasteiger partial charge >= 0.3 is 5.97 Å². The first kappa shape index (κ1) is 17.7. The molecule has 1 unspecified atom stereocenters. The van der Waals surface area contributed by atoms with E-state index in [0.717, 1.165) is 16.7 Å². The molecule has 132 valence electrons. The highest BCUT2D eigenvalue weighted by atomic mass is 19.1. The number of ether oxygens (including phenoxy) is 2. The summed E-state index contributed by atoms with van der Waals surface area (Å²) < 4.78 is 24.2. The number of halogens is 1. The number of hydrogen-bond acceptors (Lipinski definition) is 3. The second kappa shape index (κ2) is 8.30. The largest absolute Gasteiger partial charge is 0.482 e. The Morgan fingerprint density at radius 1 is 0.885 bits per heavy atom. The van der Waals surface area contributed by atoms with E-state index in [1.807, 2.05) is 54.6 Å². The molecule has 0 N–H and O–H groups in total. The maximum atomic E-state index is 13.0. The van der Waals surface area contributed by atoms with Crippen molar-refractivity contribution in [3.63, 3.8) is 0 Å². The maximum absolute atomic E-state index is 13.0. The lowest BCUT2D eigenvalue weighted by atomic mass is 10.1. The van der Waals surface area contributed by atoms with Crippen LogP contribution in [0.25, 0.3) is 11.1 Å². The molecular weight excluding hydrogens is 331 g/mol. The maximum Gasteiger partial charge on any atom is 0.302 e. The first-order chi connectivity index (χ1) is 12.6. The number of benzene rings is 3. The van der Waals surface area contributed by atoms with Crippen molar-refractivity contribution in [2.75, 3.05) is 6.61 Å². The minimum atomic E-state index is -0.392. The summed E-state index contributed by atoms with van der Waals surface area (Å²) in [5.74, 6) is 0.0583. The third-order valence-corrected chi connectivity index (χ3v) is 3.92. The minimum absolute atomic E-state index is 0.138. The minimum Gasteiger partial charge on any atom is -0.482 e. The molecule has 0 heterocycles. The lowest BCUT2D eigenvalue weighted by molar-refractivity contribution is -0.143. The van der Waals surface area contributed by atoms with Crippen LogP contribution < -0.4 is 4.74 Å². The van der Waals surface area contributed by atoms with Crippen molar-refractivity contribution in [2.24, 2.45) is 0 Å². The molecule has 0 spiro atoms. The Morgan fingerprint density at radius 3 is 2.04 bits per heavy atom. The molecule has 0 bridgehead atoms. The zero-order chi connectivity index (χ0) is 18.4. The lowest BCUT2D eigenvalue weighted by Gasteiger charge is -2.19. The summed E-state index contributed by atoms with van der Waals surface area (Å²) in [6.45, 7) is 1.51. The van der Waals surface area contributed by atoms with Gasteiger partial charge in [0.2, 0.25) is 0 Å². The van der Waals surface area contributed by atoms with Gasteiger partial charge in [-0.05, 0) is 41.0 Å². The van der Waals surface area contributed by atoms with Gasteiger partial charge in [-0.1, -0.05) is 54.6 Å². The topological polar surface area (TPSA) is 35.5 Å². The fourth-order valence-corrected chi connectivity index (χ4v) is 2.59. The van der Waals surface area contributed by atoms with E-state index in [2.05, 4.69) is 0 Å². The van der Waals surface area contributed by atoms with Gasteiger partial charge < -0.3 is 9.47 Å². The van der Waals surface area contributed by atoms with E-state index in [-0.39, 0.29) is 18.4 Å². The molecule has 0 aromatic heterocycles. The van der Waals surface area contributed by atoms with E-state index in [0.29, 0.717) is 5.75 Å². The molecule has 1 atom stereocenters. The van der Waals surface area contributed by atoms with Crippen molar-refractivity contribution in [3.05, 3.63) is 90.2 Å². The Kier molecular flexibility index (Phi) is 5.64. The summed E-state index contributed by atoms with van der Waals surface area (Å²) in [6, 6.07) is 23.5. The van der Waals surface area contributed by atoms with E-state index < -0.39 is 6.10 Å². The second-order valence-corrected chi connectivity index (χ2v) is 5.85. The van der Waals surface area contributed by atoms with Gasteiger partial charge in [0.1, 0.15) is 18.2 Å². The van der Waals surface area contributed by atoms with Gasteiger partial charge in [-0.15, -0.1) is 0 Å². The zero-order valence-electron chi connectivity index (χ0n) is 14.4. The molecule has 3 aromatic carbocycles. The van der Waals surface area contributed by atoms with Crippen LogP contribution in [0.3, 0.4) is 0 Å². The summed E-state index contributed by atoms with van der Waals surface area (Å²) >= 11 is 0. The average molecular weight is 350 g/mol. The summed E-state index contributed by atoms with van der Waals surface area (Å²) in [4.78, 5) is 11.2. The van der Waals surface area contributed by atoms with Gasteiger partial charge in [0.15, 0.2) is 6.10 Å². The SMILES string of the molecule is CC(=O)OCC(Oc1ccc(-c2ccc(F)cc2)cc1)c1ccccc1. The molecule has 4 heteroatoms. The number of carbonyl (C=O) groups is 1. The molecule has 26 heavy (non-hydrogen) atoms. The van der Waals surface area contributed by atoms with Crippen LogP contribution in [0.1, 0.15) is 18.6 Å². The van der Waals surface area contributed by atoms with Crippen LogP contribution in [0.5, 0.6) is 5.75 Å². The fraction of sp³-hybridized carbons (Fsp3) is 0.136. The molecule has 0 saturated carbocycles. The van der Waals surface area contributed by atoms with Crippen molar-refractivity contribution >= 4 is 5.97 Å². The van der Waals surface area contributed by atoms with Crippen LogP contribution in [0, 0.1) is 5.82 Å². The Balaban J connectivity index is 1.76. The molecule has 0 aliphatic rings. The predicted octanol–water partition coefficient (Wildman–Crippen LogP) is 5.18. The summed E-state index contributed by atoms with van der Waals surface area (Å²) in [6.07, 6.45) is -0.392. The highest BCUT2D eigenvalue weighted by molar-refractivity contribution is 5.66. The Bertz CT molecular complexity index is 843. The van der Waals surface area contributed by atoms with Crippen molar-refractivity contribution < 1.29 is 18.7 Å². The fourth-order valence-electron chi connectivity index (χ4n) is 2.59.